The minimum Gasteiger partial charge on any atom is -0.317 e. The zero-order chi connectivity index (χ0) is 15.5. The number of halogens is 1. The van der Waals surface area contributed by atoms with Gasteiger partial charge in [-0.2, -0.15) is 4.31 Å². The largest absolute Gasteiger partial charge is 0.317 e. The molecule has 1 aromatic rings. The molecule has 0 amide bonds. The summed E-state index contributed by atoms with van der Waals surface area (Å²) in [6.07, 6.45) is 2.59. The van der Waals surface area contributed by atoms with Crippen LogP contribution < -0.4 is 5.32 Å². The van der Waals surface area contributed by atoms with Gasteiger partial charge in [-0.1, -0.05) is 28.9 Å². The van der Waals surface area contributed by atoms with Crippen LogP contribution in [0.4, 0.5) is 0 Å². The smallest absolute Gasteiger partial charge is 0.243 e. The van der Waals surface area contributed by atoms with Gasteiger partial charge >= 0.3 is 0 Å². The number of sulfonamides is 1. The molecular weight excluding hydrogens is 352 g/mol. The van der Waals surface area contributed by atoms with Gasteiger partial charge in [-0.25, -0.2) is 8.42 Å². The van der Waals surface area contributed by atoms with E-state index in [1.807, 2.05) is 19.9 Å². The maximum atomic E-state index is 13.0. The summed E-state index contributed by atoms with van der Waals surface area (Å²) in [5.41, 5.74) is 1.04. The second kappa shape index (κ2) is 7.22. The number of hydrogen-bond acceptors (Lipinski definition) is 3. The van der Waals surface area contributed by atoms with Crippen LogP contribution in [-0.4, -0.2) is 38.4 Å². The number of hydrogen-bond donors (Lipinski definition) is 1. The van der Waals surface area contributed by atoms with Crippen LogP contribution in [-0.2, 0) is 10.0 Å². The predicted molar refractivity (Wildman–Crippen MR) is 89.0 cm³/mol. The van der Waals surface area contributed by atoms with Gasteiger partial charge in [-0.3, -0.25) is 0 Å². The zero-order valence-electron chi connectivity index (χ0n) is 12.6. The average molecular weight is 375 g/mol. The molecule has 1 saturated heterocycles. The summed E-state index contributed by atoms with van der Waals surface area (Å²) in [5.74, 6) is 0. The van der Waals surface area contributed by atoms with Gasteiger partial charge in [0.25, 0.3) is 0 Å². The fourth-order valence-corrected chi connectivity index (χ4v) is 5.02. The number of nitrogens with zero attached hydrogens (tertiary/aromatic N) is 1. The molecule has 1 aromatic carbocycles. The van der Waals surface area contributed by atoms with E-state index in [0.29, 0.717) is 11.4 Å². The Balaban J connectivity index is 2.34. The molecule has 0 atom stereocenters. The molecular formula is C15H23BrN2O2S. The molecule has 4 nitrogen and oxygen atoms in total. The van der Waals surface area contributed by atoms with Crippen molar-refractivity contribution >= 4 is 26.0 Å². The lowest BCUT2D eigenvalue weighted by Gasteiger charge is -2.33. The molecule has 0 aromatic heterocycles. The number of benzene rings is 1. The monoisotopic (exact) mass is 374 g/mol. The van der Waals surface area contributed by atoms with E-state index in [1.54, 1.807) is 16.4 Å². The SMILES string of the molecule is CCCN(C1CCNCC1)S(=O)(=O)c1ccc(C)c(Br)c1. The van der Waals surface area contributed by atoms with E-state index in [-0.39, 0.29) is 6.04 Å². The fourth-order valence-electron chi connectivity index (χ4n) is 2.68. The third kappa shape index (κ3) is 3.86. The molecule has 1 heterocycles. The molecule has 0 aliphatic carbocycles. The summed E-state index contributed by atoms with van der Waals surface area (Å²) in [4.78, 5) is 0.381. The number of nitrogens with one attached hydrogen (secondary N) is 1. The molecule has 0 radical (unpaired) electrons. The maximum Gasteiger partial charge on any atom is 0.243 e. The van der Waals surface area contributed by atoms with Gasteiger partial charge in [0.1, 0.15) is 0 Å². The Hall–Kier alpha value is -0.430. The number of piperidine rings is 1. The van der Waals surface area contributed by atoms with Gasteiger partial charge in [0, 0.05) is 17.1 Å². The molecule has 1 aliphatic heterocycles. The third-order valence-electron chi connectivity index (χ3n) is 3.91. The van der Waals surface area contributed by atoms with E-state index in [2.05, 4.69) is 21.2 Å². The first-order valence-corrected chi connectivity index (χ1v) is 9.69. The van der Waals surface area contributed by atoms with Crippen LogP contribution in [0.5, 0.6) is 0 Å². The van der Waals surface area contributed by atoms with Gasteiger partial charge in [-0.05, 0) is 57.0 Å². The maximum absolute atomic E-state index is 13.0. The second-order valence-corrected chi connectivity index (χ2v) is 8.25. The molecule has 0 bridgehead atoms. The first-order chi connectivity index (χ1) is 9.96. The highest BCUT2D eigenvalue weighted by Gasteiger charge is 2.31. The van der Waals surface area contributed by atoms with Crippen molar-refractivity contribution in [3.05, 3.63) is 28.2 Å². The molecule has 0 saturated carbocycles. The molecule has 1 fully saturated rings. The van der Waals surface area contributed by atoms with Crippen LogP contribution >= 0.6 is 15.9 Å². The third-order valence-corrected chi connectivity index (χ3v) is 6.71. The molecule has 2 rings (SSSR count). The van der Waals surface area contributed by atoms with Crippen LogP contribution in [0.1, 0.15) is 31.7 Å². The van der Waals surface area contributed by atoms with Crippen molar-refractivity contribution in [1.29, 1.82) is 0 Å². The molecule has 0 unspecified atom stereocenters. The van der Waals surface area contributed by atoms with Crippen molar-refractivity contribution in [2.75, 3.05) is 19.6 Å². The van der Waals surface area contributed by atoms with Crippen molar-refractivity contribution in [2.45, 2.75) is 44.0 Å². The van der Waals surface area contributed by atoms with Crippen LogP contribution in [0.2, 0.25) is 0 Å². The Morgan fingerprint density at radius 3 is 2.57 bits per heavy atom. The van der Waals surface area contributed by atoms with Gasteiger partial charge in [0.15, 0.2) is 0 Å². The van der Waals surface area contributed by atoms with E-state index in [4.69, 9.17) is 0 Å². The summed E-state index contributed by atoms with van der Waals surface area (Å²) in [6.45, 7) is 6.33. The van der Waals surface area contributed by atoms with E-state index >= 15 is 0 Å². The van der Waals surface area contributed by atoms with Crippen LogP contribution in [0.25, 0.3) is 0 Å². The number of rotatable bonds is 5. The Bertz CT molecular complexity index is 583. The molecule has 6 heteroatoms. The first-order valence-electron chi connectivity index (χ1n) is 7.45. The topological polar surface area (TPSA) is 49.4 Å². The van der Waals surface area contributed by atoms with Gasteiger partial charge in [-0.15, -0.1) is 0 Å². The summed E-state index contributed by atoms with van der Waals surface area (Å²) in [5, 5.41) is 3.29. The Morgan fingerprint density at radius 2 is 2.00 bits per heavy atom. The zero-order valence-corrected chi connectivity index (χ0v) is 15.0. The molecule has 1 aliphatic rings. The molecule has 118 valence electrons. The van der Waals surface area contributed by atoms with Crippen molar-refractivity contribution in [1.82, 2.24) is 9.62 Å². The van der Waals surface area contributed by atoms with Crippen molar-refractivity contribution in [3.8, 4) is 0 Å². The fraction of sp³-hybridized carbons (Fsp3) is 0.600. The quantitative estimate of drug-likeness (QED) is 0.861. The Kier molecular flexibility index (Phi) is 5.82. The van der Waals surface area contributed by atoms with Gasteiger partial charge < -0.3 is 5.32 Å². The standard InChI is InChI=1S/C15H23BrN2O2S/c1-3-10-18(13-6-8-17-9-7-13)21(19,20)14-5-4-12(2)15(16)11-14/h4-5,11,13,17H,3,6-10H2,1-2H3. The normalized spacial score (nSPS) is 17.3. The Morgan fingerprint density at radius 1 is 1.33 bits per heavy atom. The van der Waals surface area contributed by atoms with E-state index in [1.165, 1.54) is 0 Å². The molecule has 0 spiro atoms. The van der Waals surface area contributed by atoms with Crippen LogP contribution in [0, 0.1) is 6.92 Å². The van der Waals surface area contributed by atoms with Crippen LogP contribution in [0.15, 0.2) is 27.6 Å². The summed E-state index contributed by atoms with van der Waals surface area (Å²) in [7, 11) is -3.43. The van der Waals surface area contributed by atoms with E-state index < -0.39 is 10.0 Å². The lowest BCUT2D eigenvalue weighted by Crippen LogP contribution is -2.46. The summed E-state index contributed by atoms with van der Waals surface area (Å²) >= 11 is 3.43. The second-order valence-electron chi connectivity index (χ2n) is 5.51. The summed E-state index contributed by atoms with van der Waals surface area (Å²) < 4.78 is 28.5. The van der Waals surface area contributed by atoms with Gasteiger partial charge in [0.2, 0.25) is 10.0 Å². The van der Waals surface area contributed by atoms with E-state index in [9.17, 15) is 8.42 Å². The van der Waals surface area contributed by atoms with Crippen molar-refractivity contribution < 1.29 is 8.42 Å². The molecule has 21 heavy (non-hydrogen) atoms. The Labute approximate surface area is 136 Å². The van der Waals surface area contributed by atoms with Crippen molar-refractivity contribution in [2.24, 2.45) is 0 Å². The summed E-state index contributed by atoms with van der Waals surface area (Å²) in [6, 6.07) is 5.38. The highest BCUT2D eigenvalue weighted by Crippen LogP contribution is 2.26. The van der Waals surface area contributed by atoms with Crippen molar-refractivity contribution in [3.63, 3.8) is 0 Å². The number of aryl methyl sites for hydroxylation is 1. The predicted octanol–water partition coefficient (Wildman–Crippen LogP) is 2.91. The minimum absolute atomic E-state index is 0.108. The van der Waals surface area contributed by atoms with Gasteiger partial charge in [0.05, 0.1) is 4.90 Å². The highest BCUT2D eigenvalue weighted by atomic mass is 79.9. The molecule has 1 N–H and O–H groups in total. The lowest BCUT2D eigenvalue weighted by molar-refractivity contribution is 0.262. The minimum atomic E-state index is -3.43. The van der Waals surface area contributed by atoms with Crippen LogP contribution in [0.3, 0.4) is 0 Å². The van der Waals surface area contributed by atoms with E-state index in [0.717, 1.165) is 42.4 Å². The lowest BCUT2D eigenvalue weighted by atomic mass is 10.1. The highest BCUT2D eigenvalue weighted by molar-refractivity contribution is 9.10. The average Bonchev–Trinajstić information content (AvgIpc) is 2.48. The first kappa shape index (κ1) is 16.9.